The van der Waals surface area contributed by atoms with Crippen LogP contribution in [0.15, 0.2) is 29.2 Å². The normalized spacial score (nSPS) is 19.5. The van der Waals surface area contributed by atoms with E-state index in [1.807, 2.05) is 9.80 Å². The van der Waals surface area contributed by atoms with Crippen molar-refractivity contribution >= 4 is 15.9 Å². The van der Waals surface area contributed by atoms with Crippen LogP contribution in [-0.2, 0) is 21.0 Å². The average Bonchev–Trinajstić information content (AvgIpc) is 3.23. The van der Waals surface area contributed by atoms with Crippen molar-refractivity contribution < 1.29 is 26.4 Å². The molecule has 0 atom stereocenters. The fourth-order valence-corrected chi connectivity index (χ4v) is 6.37. The van der Waals surface area contributed by atoms with Crippen LogP contribution in [0.25, 0.3) is 0 Å². The summed E-state index contributed by atoms with van der Waals surface area (Å²) in [5.74, 6) is 0.105. The fourth-order valence-electron chi connectivity index (χ4n) is 4.44. The minimum atomic E-state index is -4.61. The number of amides is 1. The first kappa shape index (κ1) is 24.0. The molecular formula is C21H30F3N3O3S. The Balaban J connectivity index is 1.70. The average molecular weight is 462 g/mol. The second-order valence-electron chi connectivity index (χ2n) is 8.55. The van der Waals surface area contributed by atoms with Crippen molar-refractivity contribution in [1.82, 2.24) is 14.1 Å². The van der Waals surface area contributed by atoms with E-state index in [4.69, 9.17) is 0 Å². The van der Waals surface area contributed by atoms with E-state index < -0.39 is 27.8 Å². The van der Waals surface area contributed by atoms with E-state index in [1.54, 1.807) is 13.8 Å². The van der Waals surface area contributed by atoms with Gasteiger partial charge in [-0.05, 0) is 57.7 Å². The van der Waals surface area contributed by atoms with Gasteiger partial charge in [0.1, 0.15) is 0 Å². The monoisotopic (exact) mass is 461 g/mol. The first-order valence-electron chi connectivity index (χ1n) is 10.7. The Bertz CT molecular complexity index is 875. The van der Waals surface area contributed by atoms with Crippen molar-refractivity contribution in [2.75, 3.05) is 32.7 Å². The standard InChI is InChI=1S/C21H30F3N3O3S/c1-16(2)27(31(29,30)19-7-5-6-17(14-19)21(22,23)24)18-8-12-25(13-9-18)15-20(28)26-10-3-4-11-26/h5-7,14,16,18H,3-4,8-13,15H2,1-2H3. The summed E-state index contributed by atoms with van der Waals surface area (Å²) in [4.78, 5) is 15.9. The van der Waals surface area contributed by atoms with E-state index in [9.17, 15) is 26.4 Å². The molecule has 0 aromatic heterocycles. The molecule has 0 saturated carbocycles. The van der Waals surface area contributed by atoms with Crippen molar-refractivity contribution in [3.63, 3.8) is 0 Å². The second-order valence-corrected chi connectivity index (χ2v) is 10.4. The topological polar surface area (TPSA) is 60.9 Å². The third-order valence-corrected chi connectivity index (χ3v) is 8.10. The van der Waals surface area contributed by atoms with Crippen LogP contribution in [0, 0.1) is 0 Å². The number of alkyl halides is 3. The van der Waals surface area contributed by atoms with Gasteiger partial charge in [0.25, 0.3) is 0 Å². The zero-order valence-electron chi connectivity index (χ0n) is 17.9. The number of nitrogens with zero attached hydrogens (tertiary/aromatic N) is 3. The fraction of sp³-hybridized carbons (Fsp3) is 0.667. The van der Waals surface area contributed by atoms with Crippen LogP contribution < -0.4 is 0 Å². The molecule has 0 spiro atoms. The molecule has 1 aromatic rings. The highest BCUT2D eigenvalue weighted by Crippen LogP contribution is 2.33. The molecule has 3 rings (SSSR count). The maximum atomic E-state index is 13.3. The van der Waals surface area contributed by atoms with Gasteiger partial charge in [0.2, 0.25) is 15.9 Å². The molecule has 6 nitrogen and oxygen atoms in total. The third kappa shape index (κ3) is 5.59. The smallest absolute Gasteiger partial charge is 0.342 e. The molecule has 10 heteroatoms. The van der Waals surface area contributed by atoms with Crippen molar-refractivity contribution in [1.29, 1.82) is 0 Å². The lowest BCUT2D eigenvalue weighted by Crippen LogP contribution is -2.51. The van der Waals surface area contributed by atoms with Gasteiger partial charge in [-0.3, -0.25) is 9.69 Å². The molecule has 2 aliphatic rings. The molecule has 0 radical (unpaired) electrons. The molecule has 0 unspecified atom stereocenters. The summed E-state index contributed by atoms with van der Waals surface area (Å²) in [5.41, 5.74) is -0.979. The van der Waals surface area contributed by atoms with E-state index in [0.29, 0.717) is 38.5 Å². The lowest BCUT2D eigenvalue weighted by atomic mass is 10.0. The Morgan fingerprint density at radius 1 is 1.13 bits per heavy atom. The molecule has 31 heavy (non-hydrogen) atoms. The number of carbonyl (C=O) groups is 1. The van der Waals surface area contributed by atoms with E-state index >= 15 is 0 Å². The molecule has 0 N–H and O–H groups in total. The largest absolute Gasteiger partial charge is 0.416 e. The number of hydrogen-bond acceptors (Lipinski definition) is 4. The predicted molar refractivity (Wildman–Crippen MR) is 111 cm³/mol. The van der Waals surface area contributed by atoms with Gasteiger partial charge in [0.05, 0.1) is 17.0 Å². The number of likely N-dealkylation sites (tertiary alicyclic amines) is 2. The van der Waals surface area contributed by atoms with Crippen LogP contribution in [0.1, 0.15) is 45.1 Å². The maximum Gasteiger partial charge on any atom is 0.416 e. The van der Waals surface area contributed by atoms with Crippen LogP contribution in [-0.4, -0.2) is 73.2 Å². The van der Waals surface area contributed by atoms with E-state index in [0.717, 1.165) is 38.1 Å². The molecule has 0 aliphatic carbocycles. The number of hydrogen-bond donors (Lipinski definition) is 0. The number of rotatable bonds is 6. The van der Waals surface area contributed by atoms with E-state index in [2.05, 4.69) is 0 Å². The number of piperidine rings is 1. The van der Waals surface area contributed by atoms with Gasteiger partial charge in [0, 0.05) is 38.3 Å². The van der Waals surface area contributed by atoms with Crippen LogP contribution in [0.3, 0.4) is 0 Å². The van der Waals surface area contributed by atoms with Gasteiger partial charge in [0.15, 0.2) is 0 Å². The molecule has 1 amide bonds. The lowest BCUT2D eigenvalue weighted by molar-refractivity contribution is -0.137. The Labute approximate surface area is 182 Å². The van der Waals surface area contributed by atoms with Gasteiger partial charge < -0.3 is 4.90 Å². The Hall–Kier alpha value is -1.65. The summed E-state index contributed by atoms with van der Waals surface area (Å²) in [6.07, 6.45) is -1.48. The first-order valence-corrected chi connectivity index (χ1v) is 12.1. The summed E-state index contributed by atoms with van der Waals surface area (Å²) in [5, 5.41) is 0. The first-order chi connectivity index (χ1) is 14.5. The van der Waals surface area contributed by atoms with Gasteiger partial charge in [-0.25, -0.2) is 8.42 Å². The van der Waals surface area contributed by atoms with E-state index in [-0.39, 0.29) is 16.8 Å². The highest BCUT2D eigenvalue weighted by atomic mass is 32.2. The molecule has 0 bridgehead atoms. The highest BCUT2D eigenvalue weighted by Gasteiger charge is 2.38. The number of benzene rings is 1. The lowest BCUT2D eigenvalue weighted by Gasteiger charge is -2.39. The molecule has 1 aromatic carbocycles. The molecule has 2 aliphatic heterocycles. The van der Waals surface area contributed by atoms with Crippen molar-refractivity contribution in [2.45, 2.75) is 62.7 Å². The molecule has 2 fully saturated rings. The van der Waals surface area contributed by atoms with E-state index in [1.165, 1.54) is 10.4 Å². The van der Waals surface area contributed by atoms with Crippen LogP contribution in [0.2, 0.25) is 0 Å². The SMILES string of the molecule is CC(C)N(C1CCN(CC(=O)N2CCCC2)CC1)S(=O)(=O)c1cccc(C(F)(F)F)c1. The minimum absolute atomic E-state index is 0.105. The number of sulfonamides is 1. The summed E-state index contributed by atoms with van der Waals surface area (Å²) in [7, 11) is -4.10. The van der Waals surface area contributed by atoms with Gasteiger partial charge >= 0.3 is 6.18 Å². The molecule has 2 heterocycles. The molecule has 2 saturated heterocycles. The second kappa shape index (κ2) is 9.46. The number of halogens is 3. The molecular weight excluding hydrogens is 431 g/mol. The van der Waals surface area contributed by atoms with Crippen molar-refractivity contribution in [3.05, 3.63) is 29.8 Å². The van der Waals surface area contributed by atoms with Gasteiger partial charge in [-0.1, -0.05) is 6.07 Å². The van der Waals surface area contributed by atoms with Crippen molar-refractivity contribution in [2.24, 2.45) is 0 Å². The van der Waals surface area contributed by atoms with Crippen molar-refractivity contribution in [3.8, 4) is 0 Å². The summed E-state index contributed by atoms with van der Waals surface area (Å²) >= 11 is 0. The highest BCUT2D eigenvalue weighted by molar-refractivity contribution is 7.89. The summed E-state index contributed by atoms with van der Waals surface area (Å²) in [6, 6.07) is 3.19. The van der Waals surface area contributed by atoms with Gasteiger partial charge in [-0.15, -0.1) is 0 Å². The Kier molecular flexibility index (Phi) is 7.32. The molecule has 174 valence electrons. The predicted octanol–water partition coefficient (Wildman–Crippen LogP) is 3.19. The van der Waals surface area contributed by atoms with Crippen LogP contribution in [0.4, 0.5) is 13.2 Å². The van der Waals surface area contributed by atoms with Crippen LogP contribution >= 0.6 is 0 Å². The Morgan fingerprint density at radius 3 is 2.29 bits per heavy atom. The minimum Gasteiger partial charge on any atom is -0.342 e. The zero-order valence-corrected chi connectivity index (χ0v) is 18.8. The van der Waals surface area contributed by atoms with Gasteiger partial charge in [-0.2, -0.15) is 17.5 Å². The third-order valence-electron chi connectivity index (χ3n) is 5.98. The Morgan fingerprint density at radius 2 is 1.74 bits per heavy atom. The maximum absolute atomic E-state index is 13.3. The number of carbonyl (C=O) groups excluding carboxylic acids is 1. The van der Waals surface area contributed by atoms with Crippen LogP contribution in [0.5, 0.6) is 0 Å². The quantitative estimate of drug-likeness (QED) is 0.653. The summed E-state index contributed by atoms with van der Waals surface area (Å²) < 4.78 is 67.1. The summed E-state index contributed by atoms with van der Waals surface area (Å²) in [6.45, 7) is 6.53. The zero-order chi connectivity index (χ0) is 22.8.